The van der Waals surface area contributed by atoms with Crippen molar-refractivity contribution in [3.63, 3.8) is 0 Å². The van der Waals surface area contributed by atoms with Gasteiger partial charge in [0.15, 0.2) is 0 Å². The maximum absolute atomic E-state index is 11.9. The van der Waals surface area contributed by atoms with Crippen molar-refractivity contribution in [3.05, 3.63) is 0 Å². The molecule has 0 aromatic rings. The van der Waals surface area contributed by atoms with Gasteiger partial charge in [-0.2, -0.15) is 0 Å². The third-order valence-corrected chi connectivity index (χ3v) is 3.29. The van der Waals surface area contributed by atoms with Crippen LogP contribution >= 0.6 is 0 Å². The SMILES string of the molecule is CC1CCCCN1C(=O)CC1COC1. The molecule has 1 amide bonds. The van der Waals surface area contributed by atoms with Gasteiger partial charge in [-0.05, 0) is 26.2 Å². The summed E-state index contributed by atoms with van der Waals surface area (Å²) in [6.07, 6.45) is 4.33. The van der Waals surface area contributed by atoms with E-state index in [0.29, 0.717) is 24.3 Å². The van der Waals surface area contributed by atoms with E-state index in [0.717, 1.165) is 19.8 Å². The van der Waals surface area contributed by atoms with E-state index in [2.05, 4.69) is 11.8 Å². The van der Waals surface area contributed by atoms with Crippen molar-refractivity contribution in [1.82, 2.24) is 4.90 Å². The molecule has 0 bridgehead atoms. The summed E-state index contributed by atoms with van der Waals surface area (Å²) in [6.45, 7) is 4.70. The van der Waals surface area contributed by atoms with Gasteiger partial charge in [0.2, 0.25) is 5.91 Å². The second-order valence-electron chi connectivity index (χ2n) is 4.54. The number of piperidine rings is 1. The van der Waals surface area contributed by atoms with Crippen LogP contribution in [-0.4, -0.2) is 36.6 Å². The Morgan fingerprint density at radius 3 is 2.79 bits per heavy atom. The van der Waals surface area contributed by atoms with Crippen LogP contribution < -0.4 is 0 Å². The standard InChI is InChI=1S/C11H19NO2/c1-9-4-2-3-5-12(9)11(13)6-10-7-14-8-10/h9-10H,2-8H2,1H3. The summed E-state index contributed by atoms with van der Waals surface area (Å²) in [5.74, 6) is 0.835. The van der Waals surface area contributed by atoms with Gasteiger partial charge in [0.25, 0.3) is 0 Å². The summed E-state index contributed by atoms with van der Waals surface area (Å²) in [5, 5.41) is 0. The quantitative estimate of drug-likeness (QED) is 0.670. The van der Waals surface area contributed by atoms with Gasteiger partial charge >= 0.3 is 0 Å². The average Bonchev–Trinajstić information content (AvgIpc) is 2.12. The van der Waals surface area contributed by atoms with Gasteiger partial charge in [-0.1, -0.05) is 0 Å². The Kier molecular flexibility index (Phi) is 3.06. The van der Waals surface area contributed by atoms with Crippen LogP contribution in [-0.2, 0) is 9.53 Å². The smallest absolute Gasteiger partial charge is 0.223 e. The monoisotopic (exact) mass is 197 g/mol. The topological polar surface area (TPSA) is 29.5 Å². The Balaban J connectivity index is 1.82. The van der Waals surface area contributed by atoms with Crippen molar-refractivity contribution in [2.24, 2.45) is 5.92 Å². The molecule has 0 aliphatic carbocycles. The van der Waals surface area contributed by atoms with E-state index >= 15 is 0 Å². The number of rotatable bonds is 2. The zero-order valence-corrected chi connectivity index (χ0v) is 8.87. The van der Waals surface area contributed by atoms with Crippen LogP contribution in [0.2, 0.25) is 0 Å². The van der Waals surface area contributed by atoms with Gasteiger partial charge < -0.3 is 9.64 Å². The molecule has 3 heteroatoms. The zero-order chi connectivity index (χ0) is 9.97. The number of likely N-dealkylation sites (tertiary alicyclic amines) is 1. The maximum Gasteiger partial charge on any atom is 0.223 e. The second-order valence-corrected chi connectivity index (χ2v) is 4.54. The van der Waals surface area contributed by atoms with E-state index in [-0.39, 0.29) is 0 Å². The van der Waals surface area contributed by atoms with Crippen molar-refractivity contribution >= 4 is 5.91 Å². The third kappa shape index (κ3) is 2.08. The fraction of sp³-hybridized carbons (Fsp3) is 0.909. The van der Waals surface area contributed by atoms with E-state index in [1.165, 1.54) is 19.3 Å². The molecule has 2 aliphatic heterocycles. The third-order valence-electron chi connectivity index (χ3n) is 3.29. The van der Waals surface area contributed by atoms with Crippen LogP contribution in [0.1, 0.15) is 32.6 Å². The molecule has 1 atom stereocenters. The highest BCUT2D eigenvalue weighted by molar-refractivity contribution is 5.77. The lowest BCUT2D eigenvalue weighted by Gasteiger charge is -2.35. The minimum absolute atomic E-state index is 0.338. The number of carbonyl (C=O) groups is 1. The number of hydrogen-bond donors (Lipinski definition) is 0. The van der Waals surface area contributed by atoms with Crippen molar-refractivity contribution in [2.75, 3.05) is 19.8 Å². The van der Waals surface area contributed by atoms with Crippen LogP contribution in [0, 0.1) is 5.92 Å². The first-order valence-electron chi connectivity index (χ1n) is 5.64. The zero-order valence-electron chi connectivity index (χ0n) is 8.87. The highest BCUT2D eigenvalue weighted by Crippen LogP contribution is 2.21. The van der Waals surface area contributed by atoms with Gasteiger partial charge in [-0.25, -0.2) is 0 Å². The molecule has 1 unspecified atom stereocenters. The summed E-state index contributed by atoms with van der Waals surface area (Å²) < 4.78 is 5.08. The first-order valence-corrected chi connectivity index (χ1v) is 5.64. The van der Waals surface area contributed by atoms with Gasteiger partial charge in [-0.3, -0.25) is 4.79 Å². The lowest BCUT2D eigenvalue weighted by atomic mass is 9.99. The van der Waals surface area contributed by atoms with Crippen molar-refractivity contribution in [2.45, 2.75) is 38.6 Å². The Morgan fingerprint density at radius 2 is 2.21 bits per heavy atom. The fourth-order valence-corrected chi connectivity index (χ4v) is 2.24. The Morgan fingerprint density at radius 1 is 1.43 bits per heavy atom. The van der Waals surface area contributed by atoms with Gasteiger partial charge in [0.1, 0.15) is 0 Å². The molecule has 0 aromatic carbocycles. The summed E-state index contributed by atoms with van der Waals surface area (Å²) in [7, 11) is 0. The second kappa shape index (κ2) is 4.30. The largest absolute Gasteiger partial charge is 0.381 e. The number of amides is 1. The van der Waals surface area contributed by atoms with E-state index in [9.17, 15) is 4.79 Å². The molecular weight excluding hydrogens is 178 g/mol. The molecule has 2 saturated heterocycles. The van der Waals surface area contributed by atoms with Gasteiger partial charge in [0.05, 0.1) is 13.2 Å². The summed E-state index contributed by atoms with van der Waals surface area (Å²) in [5.41, 5.74) is 0. The normalized spacial score (nSPS) is 28.6. The molecule has 80 valence electrons. The average molecular weight is 197 g/mol. The fourth-order valence-electron chi connectivity index (χ4n) is 2.24. The Labute approximate surface area is 85.4 Å². The first kappa shape index (κ1) is 9.97. The van der Waals surface area contributed by atoms with Crippen molar-refractivity contribution < 1.29 is 9.53 Å². The highest BCUT2D eigenvalue weighted by Gasteiger charge is 2.28. The molecule has 0 saturated carbocycles. The van der Waals surface area contributed by atoms with Crippen LogP contribution in [0.15, 0.2) is 0 Å². The molecule has 2 rings (SSSR count). The van der Waals surface area contributed by atoms with Gasteiger partial charge in [0, 0.05) is 24.9 Å². The van der Waals surface area contributed by atoms with Crippen LogP contribution in [0.25, 0.3) is 0 Å². The van der Waals surface area contributed by atoms with E-state index < -0.39 is 0 Å². The Hall–Kier alpha value is -0.570. The maximum atomic E-state index is 11.9. The predicted octanol–water partition coefficient (Wildman–Crippen LogP) is 1.42. The van der Waals surface area contributed by atoms with Gasteiger partial charge in [-0.15, -0.1) is 0 Å². The summed E-state index contributed by atoms with van der Waals surface area (Å²) in [6, 6.07) is 0.456. The van der Waals surface area contributed by atoms with E-state index in [1.807, 2.05) is 0 Å². The minimum Gasteiger partial charge on any atom is -0.381 e. The molecule has 2 aliphatic rings. The van der Waals surface area contributed by atoms with Crippen LogP contribution in [0.3, 0.4) is 0 Å². The number of ether oxygens (including phenoxy) is 1. The van der Waals surface area contributed by atoms with Crippen molar-refractivity contribution in [3.8, 4) is 0 Å². The summed E-state index contributed by atoms with van der Waals surface area (Å²) >= 11 is 0. The lowest BCUT2D eigenvalue weighted by Crippen LogP contribution is -2.44. The Bertz CT molecular complexity index is 213. The molecule has 0 N–H and O–H groups in total. The highest BCUT2D eigenvalue weighted by atomic mass is 16.5. The number of carbonyl (C=O) groups excluding carboxylic acids is 1. The molecule has 2 fully saturated rings. The molecular formula is C11H19NO2. The first-order chi connectivity index (χ1) is 6.77. The molecule has 0 aromatic heterocycles. The van der Waals surface area contributed by atoms with E-state index in [4.69, 9.17) is 4.74 Å². The van der Waals surface area contributed by atoms with Crippen LogP contribution in [0.4, 0.5) is 0 Å². The lowest BCUT2D eigenvalue weighted by molar-refractivity contribution is -0.139. The molecule has 0 radical (unpaired) electrons. The van der Waals surface area contributed by atoms with E-state index in [1.54, 1.807) is 0 Å². The molecule has 14 heavy (non-hydrogen) atoms. The molecule has 3 nitrogen and oxygen atoms in total. The van der Waals surface area contributed by atoms with Crippen LogP contribution in [0.5, 0.6) is 0 Å². The number of hydrogen-bond acceptors (Lipinski definition) is 2. The number of nitrogens with zero attached hydrogens (tertiary/aromatic N) is 1. The molecule has 2 heterocycles. The molecule has 0 spiro atoms. The predicted molar refractivity (Wildman–Crippen MR) is 54.0 cm³/mol. The van der Waals surface area contributed by atoms with Crippen molar-refractivity contribution in [1.29, 1.82) is 0 Å². The minimum atomic E-state index is 0.338. The summed E-state index contributed by atoms with van der Waals surface area (Å²) in [4.78, 5) is 13.9.